The topological polar surface area (TPSA) is 50.9 Å². The fourth-order valence-corrected chi connectivity index (χ4v) is 2.41. The highest BCUT2D eigenvalue weighted by Gasteiger charge is 2.17. The molecule has 1 aromatic heterocycles. The summed E-state index contributed by atoms with van der Waals surface area (Å²) in [5.74, 6) is 5.63. The van der Waals surface area contributed by atoms with Gasteiger partial charge in [0.2, 0.25) is 0 Å². The molecule has 1 atom stereocenters. The van der Waals surface area contributed by atoms with Gasteiger partial charge in [0.15, 0.2) is 0 Å². The summed E-state index contributed by atoms with van der Waals surface area (Å²) in [6.07, 6.45) is 2.56. The van der Waals surface area contributed by atoms with Crippen LogP contribution in [0, 0.1) is 0 Å². The number of aromatic nitrogens is 1. The van der Waals surface area contributed by atoms with Crippen molar-refractivity contribution in [3.63, 3.8) is 0 Å². The third-order valence-corrected chi connectivity index (χ3v) is 3.51. The average molecular weight is 296 g/mol. The normalized spacial score (nSPS) is 12.4. The average Bonchev–Trinajstić information content (AvgIpc) is 2.42. The molecule has 0 spiro atoms. The standard InChI is InChI=1S/C14H15Cl2N3/c1-2-9-3-5-10(6-4-9)13(19-17)14-12(16)7-11(15)8-18-14/h3-8,13,19H,2,17H2,1H3. The SMILES string of the molecule is CCc1ccc(C(NN)c2ncc(Cl)cc2Cl)cc1. The van der Waals surface area contributed by atoms with Gasteiger partial charge in [-0.3, -0.25) is 10.8 Å². The molecule has 0 bridgehead atoms. The minimum absolute atomic E-state index is 0.254. The van der Waals surface area contributed by atoms with Crippen LogP contribution in [0.4, 0.5) is 0 Å². The first kappa shape index (κ1) is 14.3. The highest BCUT2D eigenvalue weighted by molar-refractivity contribution is 6.34. The molecule has 1 unspecified atom stereocenters. The molecule has 3 N–H and O–H groups in total. The Morgan fingerprint density at radius 3 is 2.47 bits per heavy atom. The number of benzene rings is 1. The Balaban J connectivity index is 2.37. The number of halogens is 2. The van der Waals surface area contributed by atoms with Crippen LogP contribution in [0.5, 0.6) is 0 Å². The predicted molar refractivity (Wildman–Crippen MR) is 79.2 cm³/mol. The van der Waals surface area contributed by atoms with Crippen LogP contribution in [0.2, 0.25) is 10.0 Å². The molecule has 0 aliphatic heterocycles. The van der Waals surface area contributed by atoms with Gasteiger partial charge >= 0.3 is 0 Å². The Morgan fingerprint density at radius 1 is 1.26 bits per heavy atom. The van der Waals surface area contributed by atoms with Gasteiger partial charge in [-0.25, -0.2) is 5.43 Å². The molecule has 0 saturated heterocycles. The van der Waals surface area contributed by atoms with Gasteiger partial charge in [-0.15, -0.1) is 0 Å². The molecule has 100 valence electrons. The number of hydrogen-bond acceptors (Lipinski definition) is 3. The van der Waals surface area contributed by atoms with E-state index in [0.717, 1.165) is 12.0 Å². The van der Waals surface area contributed by atoms with Gasteiger partial charge in [0.1, 0.15) is 0 Å². The molecule has 0 aliphatic carbocycles. The quantitative estimate of drug-likeness (QED) is 0.670. The van der Waals surface area contributed by atoms with Crippen LogP contribution in [0.15, 0.2) is 36.5 Å². The fourth-order valence-electron chi connectivity index (χ4n) is 1.92. The highest BCUT2D eigenvalue weighted by Crippen LogP contribution is 2.28. The van der Waals surface area contributed by atoms with Crippen molar-refractivity contribution in [3.05, 3.63) is 63.4 Å². The molecule has 0 saturated carbocycles. The lowest BCUT2D eigenvalue weighted by molar-refractivity contribution is 0.621. The van der Waals surface area contributed by atoms with Crippen LogP contribution < -0.4 is 11.3 Å². The maximum absolute atomic E-state index is 6.17. The van der Waals surface area contributed by atoms with Gasteiger partial charge in [0, 0.05) is 6.20 Å². The van der Waals surface area contributed by atoms with Crippen LogP contribution in [-0.2, 0) is 6.42 Å². The Morgan fingerprint density at radius 2 is 1.95 bits per heavy atom. The third kappa shape index (κ3) is 3.25. The summed E-state index contributed by atoms with van der Waals surface area (Å²) in [4.78, 5) is 4.26. The van der Waals surface area contributed by atoms with E-state index < -0.39 is 0 Å². The summed E-state index contributed by atoms with van der Waals surface area (Å²) < 4.78 is 0. The van der Waals surface area contributed by atoms with E-state index in [9.17, 15) is 0 Å². The monoisotopic (exact) mass is 295 g/mol. The summed E-state index contributed by atoms with van der Waals surface area (Å²) in [5.41, 5.74) is 5.69. The largest absolute Gasteiger partial charge is 0.271 e. The van der Waals surface area contributed by atoms with Crippen LogP contribution in [-0.4, -0.2) is 4.98 Å². The molecule has 2 aromatic rings. The van der Waals surface area contributed by atoms with E-state index in [0.29, 0.717) is 15.7 Å². The van der Waals surface area contributed by atoms with Crippen LogP contribution in [0.3, 0.4) is 0 Å². The van der Waals surface area contributed by atoms with E-state index >= 15 is 0 Å². The van der Waals surface area contributed by atoms with Gasteiger partial charge in [-0.1, -0.05) is 54.4 Å². The van der Waals surface area contributed by atoms with Crippen LogP contribution >= 0.6 is 23.2 Å². The molecule has 3 nitrogen and oxygen atoms in total. The van der Waals surface area contributed by atoms with Crippen LogP contribution in [0.1, 0.15) is 29.8 Å². The summed E-state index contributed by atoms with van der Waals surface area (Å²) in [7, 11) is 0. The number of hydrogen-bond donors (Lipinski definition) is 2. The number of aryl methyl sites for hydroxylation is 1. The van der Waals surface area contributed by atoms with E-state index in [1.165, 1.54) is 5.56 Å². The Hall–Kier alpha value is -1.13. The molecule has 0 aliphatic rings. The molecule has 1 aromatic carbocycles. The van der Waals surface area contributed by atoms with Gasteiger partial charge < -0.3 is 0 Å². The highest BCUT2D eigenvalue weighted by atomic mass is 35.5. The molecule has 0 fully saturated rings. The van der Waals surface area contributed by atoms with E-state index in [4.69, 9.17) is 29.0 Å². The van der Waals surface area contributed by atoms with Crippen molar-refractivity contribution < 1.29 is 0 Å². The zero-order valence-corrected chi connectivity index (χ0v) is 12.0. The molecule has 19 heavy (non-hydrogen) atoms. The smallest absolute Gasteiger partial charge is 0.0896 e. The lowest BCUT2D eigenvalue weighted by Crippen LogP contribution is -2.29. The number of pyridine rings is 1. The minimum atomic E-state index is -0.254. The van der Waals surface area contributed by atoms with E-state index in [-0.39, 0.29) is 6.04 Å². The number of nitrogens with two attached hydrogens (primary N) is 1. The van der Waals surface area contributed by atoms with E-state index in [2.05, 4.69) is 29.5 Å². The number of hydrazine groups is 1. The van der Waals surface area contributed by atoms with Crippen molar-refractivity contribution in [2.24, 2.45) is 5.84 Å². The molecule has 1 heterocycles. The second-order valence-corrected chi connectivity index (χ2v) is 5.06. The number of nitrogens with one attached hydrogen (secondary N) is 1. The van der Waals surface area contributed by atoms with Crippen molar-refractivity contribution in [1.29, 1.82) is 0 Å². The fraction of sp³-hybridized carbons (Fsp3) is 0.214. The number of nitrogens with zero attached hydrogens (tertiary/aromatic N) is 1. The molecule has 0 amide bonds. The van der Waals surface area contributed by atoms with Crippen molar-refractivity contribution >= 4 is 23.2 Å². The first-order chi connectivity index (χ1) is 9.15. The van der Waals surface area contributed by atoms with Crippen molar-refractivity contribution in [3.8, 4) is 0 Å². The molecular formula is C14H15Cl2N3. The predicted octanol–water partition coefficient (Wildman–Crippen LogP) is 3.50. The van der Waals surface area contributed by atoms with Crippen molar-refractivity contribution in [2.45, 2.75) is 19.4 Å². The van der Waals surface area contributed by atoms with Gasteiger partial charge in [-0.2, -0.15) is 0 Å². The maximum atomic E-state index is 6.17. The molecule has 2 rings (SSSR count). The van der Waals surface area contributed by atoms with Crippen molar-refractivity contribution in [2.75, 3.05) is 0 Å². The maximum Gasteiger partial charge on any atom is 0.0896 e. The summed E-state index contributed by atoms with van der Waals surface area (Å²) in [6.45, 7) is 2.12. The van der Waals surface area contributed by atoms with E-state index in [1.807, 2.05) is 12.1 Å². The van der Waals surface area contributed by atoms with Crippen molar-refractivity contribution in [1.82, 2.24) is 10.4 Å². The number of rotatable bonds is 4. The van der Waals surface area contributed by atoms with Gasteiger partial charge in [0.25, 0.3) is 0 Å². The summed E-state index contributed by atoms with van der Waals surface area (Å²) in [5, 5.41) is 1.00. The second kappa shape index (κ2) is 6.35. The minimum Gasteiger partial charge on any atom is -0.271 e. The first-order valence-corrected chi connectivity index (χ1v) is 6.77. The lowest BCUT2D eigenvalue weighted by Gasteiger charge is -2.17. The van der Waals surface area contributed by atoms with E-state index in [1.54, 1.807) is 12.3 Å². The Bertz CT molecular complexity index is 555. The third-order valence-electron chi connectivity index (χ3n) is 3.00. The molecular weight excluding hydrogens is 281 g/mol. The zero-order chi connectivity index (χ0) is 13.8. The Kier molecular flexibility index (Phi) is 4.77. The summed E-state index contributed by atoms with van der Waals surface area (Å²) >= 11 is 12.0. The van der Waals surface area contributed by atoms with Gasteiger partial charge in [0.05, 0.1) is 21.8 Å². The summed E-state index contributed by atoms with van der Waals surface area (Å²) in [6, 6.07) is 9.60. The zero-order valence-electron chi connectivity index (χ0n) is 10.5. The van der Waals surface area contributed by atoms with Crippen LogP contribution in [0.25, 0.3) is 0 Å². The molecule has 0 radical (unpaired) electrons. The lowest BCUT2D eigenvalue weighted by atomic mass is 10.0. The Labute approximate surface area is 122 Å². The van der Waals surface area contributed by atoms with Gasteiger partial charge in [-0.05, 0) is 23.6 Å². The first-order valence-electron chi connectivity index (χ1n) is 6.01. The second-order valence-electron chi connectivity index (χ2n) is 4.22. The molecule has 5 heteroatoms.